The minimum absolute atomic E-state index is 0.352. The van der Waals surface area contributed by atoms with Crippen LogP contribution in [0.25, 0.3) is 0 Å². The summed E-state index contributed by atoms with van der Waals surface area (Å²) < 4.78 is 6.33. The first-order valence-electron chi connectivity index (χ1n) is 4.43. The molecule has 0 bridgehead atoms. The lowest BCUT2D eigenvalue weighted by Gasteiger charge is -2.05. The number of hydrogen-bond donors (Lipinski definition) is 0. The standard InChI is InChI=1S/C10H7BrClN3O/c1-6-14-9(12)3-10(15-6)16-8-2-7(11)4-13-5-8/h2-5H,1H3. The first-order chi connectivity index (χ1) is 7.63. The largest absolute Gasteiger partial charge is 0.437 e. The molecule has 0 radical (unpaired) electrons. The summed E-state index contributed by atoms with van der Waals surface area (Å²) >= 11 is 9.09. The van der Waals surface area contributed by atoms with Gasteiger partial charge in [0.05, 0.1) is 6.20 Å². The van der Waals surface area contributed by atoms with E-state index in [2.05, 4.69) is 30.9 Å². The molecule has 0 atom stereocenters. The molecule has 0 saturated carbocycles. The van der Waals surface area contributed by atoms with E-state index in [1.165, 1.54) is 0 Å². The van der Waals surface area contributed by atoms with Crippen LogP contribution < -0.4 is 4.74 Å². The molecule has 0 amide bonds. The first-order valence-corrected chi connectivity index (χ1v) is 5.60. The van der Waals surface area contributed by atoms with Crippen LogP contribution in [-0.2, 0) is 0 Å². The third-order valence-electron chi connectivity index (χ3n) is 1.69. The number of pyridine rings is 1. The van der Waals surface area contributed by atoms with Crippen molar-refractivity contribution >= 4 is 27.5 Å². The highest BCUT2D eigenvalue weighted by molar-refractivity contribution is 9.10. The molecule has 2 aromatic rings. The Balaban J connectivity index is 2.27. The second-order valence-corrected chi connectivity index (χ2v) is 4.32. The van der Waals surface area contributed by atoms with E-state index in [9.17, 15) is 0 Å². The van der Waals surface area contributed by atoms with E-state index in [-0.39, 0.29) is 0 Å². The lowest BCUT2D eigenvalue weighted by atomic mass is 10.4. The predicted molar refractivity (Wildman–Crippen MR) is 63.8 cm³/mol. The summed E-state index contributed by atoms with van der Waals surface area (Å²) in [6.07, 6.45) is 3.27. The van der Waals surface area contributed by atoms with Crippen LogP contribution in [0.2, 0.25) is 5.15 Å². The molecule has 0 saturated heterocycles. The van der Waals surface area contributed by atoms with Crippen molar-refractivity contribution in [3.63, 3.8) is 0 Å². The highest BCUT2D eigenvalue weighted by atomic mass is 79.9. The second kappa shape index (κ2) is 4.76. The summed E-state index contributed by atoms with van der Waals surface area (Å²) in [6, 6.07) is 3.34. The number of aromatic nitrogens is 3. The number of aryl methyl sites for hydroxylation is 1. The highest BCUT2D eigenvalue weighted by Crippen LogP contribution is 2.23. The summed E-state index contributed by atoms with van der Waals surface area (Å²) in [5, 5.41) is 0.352. The lowest BCUT2D eigenvalue weighted by molar-refractivity contribution is 0.457. The molecule has 0 aromatic carbocycles. The van der Waals surface area contributed by atoms with Gasteiger partial charge < -0.3 is 4.74 Å². The van der Waals surface area contributed by atoms with Gasteiger partial charge >= 0.3 is 0 Å². The number of hydrogen-bond acceptors (Lipinski definition) is 4. The minimum Gasteiger partial charge on any atom is -0.437 e. The molecule has 4 nitrogen and oxygen atoms in total. The van der Waals surface area contributed by atoms with Gasteiger partial charge in [0.15, 0.2) is 0 Å². The van der Waals surface area contributed by atoms with E-state index in [1.807, 2.05) is 0 Å². The molecule has 0 fully saturated rings. The molecular formula is C10H7BrClN3O. The van der Waals surface area contributed by atoms with Crippen LogP contribution in [0.3, 0.4) is 0 Å². The molecular weight excluding hydrogens is 293 g/mol. The quantitative estimate of drug-likeness (QED) is 0.798. The van der Waals surface area contributed by atoms with Gasteiger partial charge in [-0.1, -0.05) is 11.6 Å². The molecule has 2 heterocycles. The minimum atomic E-state index is 0.352. The fourth-order valence-corrected chi connectivity index (χ4v) is 1.69. The van der Waals surface area contributed by atoms with Gasteiger partial charge in [0, 0.05) is 16.7 Å². The summed E-state index contributed by atoms with van der Waals surface area (Å²) in [6.45, 7) is 1.75. The zero-order valence-corrected chi connectivity index (χ0v) is 10.7. The van der Waals surface area contributed by atoms with Crippen LogP contribution in [0.5, 0.6) is 11.6 Å². The summed E-state index contributed by atoms with van der Waals surface area (Å²) in [5.41, 5.74) is 0. The van der Waals surface area contributed by atoms with Gasteiger partial charge in [-0.3, -0.25) is 4.98 Å². The highest BCUT2D eigenvalue weighted by Gasteiger charge is 2.03. The molecule has 16 heavy (non-hydrogen) atoms. The number of rotatable bonds is 2. The van der Waals surface area contributed by atoms with E-state index in [4.69, 9.17) is 16.3 Å². The van der Waals surface area contributed by atoms with Gasteiger partial charge in [-0.25, -0.2) is 4.98 Å². The maximum Gasteiger partial charge on any atom is 0.224 e. The van der Waals surface area contributed by atoms with Gasteiger partial charge in [-0.2, -0.15) is 4.98 Å². The van der Waals surface area contributed by atoms with Gasteiger partial charge in [0.2, 0.25) is 5.88 Å². The molecule has 0 unspecified atom stereocenters. The van der Waals surface area contributed by atoms with Gasteiger partial charge in [0.25, 0.3) is 0 Å². The first kappa shape index (κ1) is 11.3. The van der Waals surface area contributed by atoms with Crippen LogP contribution in [0, 0.1) is 6.92 Å². The molecule has 2 rings (SSSR count). The zero-order chi connectivity index (χ0) is 11.5. The zero-order valence-electron chi connectivity index (χ0n) is 8.32. The molecule has 82 valence electrons. The summed E-state index contributed by atoms with van der Waals surface area (Å²) in [5.74, 6) is 1.55. The normalized spacial score (nSPS) is 10.2. The van der Waals surface area contributed by atoms with Crippen molar-refractivity contribution in [2.45, 2.75) is 6.92 Å². The smallest absolute Gasteiger partial charge is 0.224 e. The monoisotopic (exact) mass is 299 g/mol. The van der Waals surface area contributed by atoms with E-state index in [0.29, 0.717) is 22.6 Å². The van der Waals surface area contributed by atoms with Crippen molar-refractivity contribution in [1.82, 2.24) is 15.0 Å². The fraction of sp³-hybridized carbons (Fsp3) is 0.100. The Bertz CT molecular complexity index is 501. The van der Waals surface area contributed by atoms with Crippen molar-refractivity contribution in [2.24, 2.45) is 0 Å². The number of nitrogens with zero attached hydrogens (tertiary/aromatic N) is 3. The lowest BCUT2D eigenvalue weighted by Crippen LogP contribution is -1.93. The van der Waals surface area contributed by atoms with Crippen molar-refractivity contribution in [1.29, 1.82) is 0 Å². The van der Waals surface area contributed by atoms with Crippen LogP contribution in [-0.4, -0.2) is 15.0 Å². The van der Waals surface area contributed by atoms with Gasteiger partial charge in [0.1, 0.15) is 16.7 Å². The van der Waals surface area contributed by atoms with Crippen molar-refractivity contribution < 1.29 is 4.74 Å². The van der Waals surface area contributed by atoms with Crippen LogP contribution in [0.15, 0.2) is 29.0 Å². The van der Waals surface area contributed by atoms with Gasteiger partial charge in [-0.05, 0) is 28.9 Å². The third kappa shape index (κ3) is 2.90. The van der Waals surface area contributed by atoms with Crippen LogP contribution in [0.1, 0.15) is 5.82 Å². The summed E-state index contributed by atoms with van der Waals surface area (Å²) in [7, 11) is 0. The molecule has 0 aliphatic rings. The van der Waals surface area contributed by atoms with Crippen molar-refractivity contribution in [3.8, 4) is 11.6 Å². The van der Waals surface area contributed by atoms with E-state index in [1.54, 1.807) is 31.5 Å². The van der Waals surface area contributed by atoms with E-state index < -0.39 is 0 Å². The average molecular weight is 301 g/mol. The maximum absolute atomic E-state index is 5.79. The Morgan fingerprint density at radius 3 is 2.75 bits per heavy atom. The number of halogens is 2. The molecule has 0 spiro atoms. The van der Waals surface area contributed by atoms with Gasteiger partial charge in [-0.15, -0.1) is 0 Å². The van der Waals surface area contributed by atoms with E-state index >= 15 is 0 Å². The van der Waals surface area contributed by atoms with Crippen molar-refractivity contribution in [2.75, 3.05) is 0 Å². The predicted octanol–water partition coefficient (Wildman–Crippen LogP) is 3.39. The molecule has 6 heteroatoms. The van der Waals surface area contributed by atoms with E-state index in [0.717, 1.165) is 4.47 Å². The molecule has 0 aliphatic heterocycles. The fourth-order valence-electron chi connectivity index (χ4n) is 1.13. The number of ether oxygens (including phenoxy) is 1. The Kier molecular flexibility index (Phi) is 3.36. The Hall–Kier alpha value is -1.20. The van der Waals surface area contributed by atoms with Crippen LogP contribution >= 0.6 is 27.5 Å². The Morgan fingerprint density at radius 2 is 2.06 bits per heavy atom. The molecule has 2 aromatic heterocycles. The average Bonchev–Trinajstić information content (AvgIpc) is 2.15. The molecule has 0 N–H and O–H groups in total. The van der Waals surface area contributed by atoms with Crippen LogP contribution in [0.4, 0.5) is 0 Å². The topological polar surface area (TPSA) is 47.9 Å². The second-order valence-electron chi connectivity index (χ2n) is 3.02. The van der Waals surface area contributed by atoms with Crippen molar-refractivity contribution in [3.05, 3.63) is 40.0 Å². The summed E-state index contributed by atoms with van der Waals surface area (Å²) in [4.78, 5) is 12.0. The maximum atomic E-state index is 5.79. The third-order valence-corrected chi connectivity index (χ3v) is 2.31. The molecule has 0 aliphatic carbocycles. The Morgan fingerprint density at radius 1 is 1.25 bits per heavy atom. The Labute approximate surface area is 106 Å². The SMILES string of the molecule is Cc1nc(Cl)cc(Oc2cncc(Br)c2)n1.